The molecule has 0 spiro atoms. The lowest BCUT2D eigenvalue weighted by atomic mass is 9.67. The van der Waals surface area contributed by atoms with E-state index in [-0.39, 0.29) is 0 Å². The minimum atomic E-state index is -0.675. The Bertz CT molecular complexity index is 3660. The molecule has 0 fully saturated rings. The number of pyridine rings is 1. The second-order valence-corrected chi connectivity index (χ2v) is 17.1. The molecule has 0 bridgehead atoms. The Balaban J connectivity index is 1.08. The number of nitriles is 1. The largest absolute Gasteiger partial charge is 0.264 e. The monoisotopic (exact) mass is 852 g/mol. The van der Waals surface area contributed by atoms with Crippen LogP contribution in [0.4, 0.5) is 0 Å². The molecule has 0 saturated carbocycles. The van der Waals surface area contributed by atoms with Gasteiger partial charge in [0.25, 0.3) is 0 Å². The lowest BCUT2D eigenvalue weighted by Crippen LogP contribution is -2.28. The van der Waals surface area contributed by atoms with Crippen molar-refractivity contribution in [2.75, 3.05) is 0 Å². The third kappa shape index (κ3) is 6.90. The molecule has 4 nitrogen and oxygen atoms in total. The lowest BCUT2D eigenvalue weighted by molar-refractivity contribution is 0.769. The molecule has 2 aromatic heterocycles. The van der Waals surface area contributed by atoms with Crippen molar-refractivity contribution < 1.29 is 0 Å². The maximum atomic E-state index is 9.91. The van der Waals surface area contributed by atoms with Gasteiger partial charge in [-0.15, -0.1) is 0 Å². The van der Waals surface area contributed by atoms with Gasteiger partial charge >= 0.3 is 0 Å². The summed E-state index contributed by atoms with van der Waals surface area (Å²) < 4.78 is 0. The first-order chi connectivity index (χ1) is 33.1. The molecule has 312 valence electrons. The van der Waals surface area contributed by atoms with Gasteiger partial charge in [-0.3, -0.25) is 4.98 Å². The minimum absolute atomic E-state index is 0.630. The summed E-state index contributed by atoms with van der Waals surface area (Å²) in [6.07, 6.45) is 3.74. The van der Waals surface area contributed by atoms with Crippen LogP contribution in [0.15, 0.2) is 243 Å². The molecule has 0 aliphatic heterocycles. The van der Waals surface area contributed by atoms with E-state index in [4.69, 9.17) is 9.97 Å². The summed E-state index contributed by atoms with van der Waals surface area (Å²) in [4.78, 5) is 15.1. The molecule has 1 aliphatic carbocycles. The fraction of sp³-hybridized carbons (Fsp3) is 0.0159. The van der Waals surface area contributed by atoms with E-state index in [1.807, 2.05) is 54.9 Å². The average Bonchev–Trinajstić information content (AvgIpc) is 3.72. The Morgan fingerprint density at radius 3 is 1.69 bits per heavy atom. The third-order valence-corrected chi connectivity index (χ3v) is 13.3. The van der Waals surface area contributed by atoms with Crippen LogP contribution in [0.3, 0.4) is 0 Å². The lowest BCUT2D eigenvalue weighted by Gasteiger charge is -2.34. The predicted octanol–water partition coefficient (Wildman–Crippen LogP) is 15.3. The third-order valence-electron chi connectivity index (χ3n) is 13.3. The molecule has 4 heteroatoms. The molecule has 1 atom stereocenters. The first-order valence-electron chi connectivity index (χ1n) is 22.5. The molecule has 0 saturated heterocycles. The highest BCUT2D eigenvalue weighted by Gasteiger charge is 2.47. The highest BCUT2D eigenvalue weighted by Crippen LogP contribution is 2.58. The fourth-order valence-corrected chi connectivity index (χ4v) is 10.1. The van der Waals surface area contributed by atoms with E-state index in [9.17, 15) is 5.26 Å². The first kappa shape index (κ1) is 39.5. The van der Waals surface area contributed by atoms with Gasteiger partial charge in [-0.2, -0.15) is 5.26 Å². The van der Waals surface area contributed by atoms with Crippen molar-refractivity contribution in [2.24, 2.45) is 0 Å². The van der Waals surface area contributed by atoms with Crippen LogP contribution < -0.4 is 0 Å². The van der Waals surface area contributed by atoms with E-state index < -0.39 is 5.41 Å². The number of hydrogen-bond donors (Lipinski definition) is 0. The Hall–Kier alpha value is -9.04. The van der Waals surface area contributed by atoms with Crippen molar-refractivity contribution in [2.45, 2.75) is 5.41 Å². The molecular formula is C63H40N4. The van der Waals surface area contributed by atoms with E-state index in [0.717, 1.165) is 67.0 Å². The molecule has 1 aliphatic rings. The number of aromatic nitrogens is 3. The van der Waals surface area contributed by atoms with Crippen molar-refractivity contribution >= 4 is 10.8 Å². The van der Waals surface area contributed by atoms with Crippen LogP contribution >= 0.6 is 0 Å². The fourth-order valence-electron chi connectivity index (χ4n) is 10.1. The van der Waals surface area contributed by atoms with Crippen LogP contribution in [-0.2, 0) is 5.41 Å². The molecule has 2 heterocycles. The van der Waals surface area contributed by atoms with Gasteiger partial charge in [0.2, 0.25) is 0 Å². The Morgan fingerprint density at radius 2 is 0.970 bits per heavy atom. The predicted molar refractivity (Wildman–Crippen MR) is 272 cm³/mol. The quantitative estimate of drug-likeness (QED) is 0.153. The van der Waals surface area contributed by atoms with Crippen LogP contribution in [-0.4, -0.2) is 15.0 Å². The van der Waals surface area contributed by atoms with Crippen LogP contribution in [0.25, 0.3) is 89.2 Å². The van der Waals surface area contributed by atoms with E-state index >= 15 is 0 Å². The zero-order chi connectivity index (χ0) is 44.7. The second-order valence-electron chi connectivity index (χ2n) is 17.1. The van der Waals surface area contributed by atoms with Crippen LogP contribution in [0.2, 0.25) is 0 Å². The van der Waals surface area contributed by atoms with Gasteiger partial charge in [0.1, 0.15) is 0 Å². The zero-order valence-electron chi connectivity index (χ0n) is 36.4. The topological polar surface area (TPSA) is 62.5 Å². The highest BCUT2D eigenvalue weighted by molar-refractivity contribution is 6.04. The molecule has 0 amide bonds. The van der Waals surface area contributed by atoms with Gasteiger partial charge in [0.05, 0.1) is 28.4 Å². The maximum absolute atomic E-state index is 9.91. The van der Waals surface area contributed by atoms with Crippen molar-refractivity contribution in [1.29, 1.82) is 5.26 Å². The number of nitrogens with zero attached hydrogens (tertiary/aromatic N) is 4. The van der Waals surface area contributed by atoms with Gasteiger partial charge in [0, 0.05) is 34.6 Å². The molecule has 0 N–H and O–H groups in total. The van der Waals surface area contributed by atoms with Gasteiger partial charge in [0.15, 0.2) is 5.82 Å². The van der Waals surface area contributed by atoms with Gasteiger partial charge in [-0.1, -0.05) is 182 Å². The molecular weight excluding hydrogens is 813 g/mol. The highest BCUT2D eigenvalue weighted by atomic mass is 14.9. The van der Waals surface area contributed by atoms with Gasteiger partial charge in [-0.05, 0) is 121 Å². The van der Waals surface area contributed by atoms with Gasteiger partial charge in [-0.25, -0.2) is 9.97 Å². The normalized spacial score (nSPS) is 13.7. The summed E-state index contributed by atoms with van der Waals surface area (Å²) in [7, 11) is 0. The molecule has 9 aromatic carbocycles. The molecule has 11 aromatic rings. The van der Waals surface area contributed by atoms with Crippen molar-refractivity contribution in [1.82, 2.24) is 15.0 Å². The Morgan fingerprint density at radius 1 is 0.388 bits per heavy atom. The van der Waals surface area contributed by atoms with E-state index in [1.54, 1.807) is 0 Å². The van der Waals surface area contributed by atoms with Crippen molar-refractivity contribution in [3.8, 4) is 84.5 Å². The minimum Gasteiger partial charge on any atom is -0.264 e. The second kappa shape index (κ2) is 16.5. The molecule has 67 heavy (non-hydrogen) atoms. The summed E-state index contributed by atoms with van der Waals surface area (Å²) in [6, 6.07) is 83.8. The SMILES string of the molecule is N#Cc1ccc(C2(c3ccccc3)c3cc(-c4cc(-c5cccnc5)cc(-c5cc(-c6ccc(-c7ccccc7)cc6)nc(-c6ccccc6)n5)c4)ccc3-c3c2ccc2ccccc32)cc1. The number of fused-ring (bicyclic) bond motifs is 5. The molecule has 0 radical (unpaired) electrons. The average molecular weight is 853 g/mol. The van der Waals surface area contributed by atoms with Crippen LogP contribution in [0.5, 0.6) is 0 Å². The molecule has 1 unspecified atom stereocenters. The Labute approximate surface area is 389 Å². The number of benzene rings is 9. The summed E-state index contributed by atoms with van der Waals surface area (Å²) >= 11 is 0. The molecule has 12 rings (SSSR count). The number of hydrogen-bond acceptors (Lipinski definition) is 4. The summed E-state index contributed by atoms with van der Waals surface area (Å²) in [6.45, 7) is 0. The van der Waals surface area contributed by atoms with E-state index in [0.29, 0.717) is 11.4 Å². The van der Waals surface area contributed by atoms with E-state index in [2.05, 4.69) is 199 Å². The van der Waals surface area contributed by atoms with Crippen molar-refractivity contribution in [3.63, 3.8) is 0 Å². The van der Waals surface area contributed by atoms with Crippen LogP contribution in [0, 0.1) is 11.3 Å². The summed E-state index contributed by atoms with van der Waals surface area (Å²) in [5.41, 5.74) is 18.1. The zero-order valence-corrected chi connectivity index (χ0v) is 36.4. The standard InChI is InChI=1S/C63H40N4/c64-40-42-22-30-54(31-23-42)63(53-19-8-3-9-20-53)57-33-29-45-15-10-11-21-55(45)61(57)56-32-28-48(38-58(56)63)50-35-51(49-18-12-34-65-41-49)37-52(36-50)60-39-59(66-62(67-60)47-16-6-2-7-17-47)46-26-24-44(25-27-46)43-13-4-1-5-14-43/h1-39,41H. The smallest absolute Gasteiger partial charge is 0.160 e. The van der Waals surface area contributed by atoms with Crippen LogP contribution in [0.1, 0.15) is 27.8 Å². The first-order valence-corrected chi connectivity index (χ1v) is 22.5. The van der Waals surface area contributed by atoms with Crippen molar-refractivity contribution in [3.05, 3.63) is 271 Å². The van der Waals surface area contributed by atoms with Gasteiger partial charge < -0.3 is 0 Å². The summed E-state index contributed by atoms with van der Waals surface area (Å²) in [5.74, 6) is 0.658. The maximum Gasteiger partial charge on any atom is 0.160 e. The Kier molecular flexibility index (Phi) is 9.74. The van der Waals surface area contributed by atoms with E-state index in [1.165, 1.54) is 38.6 Å². The summed E-state index contributed by atoms with van der Waals surface area (Å²) in [5, 5.41) is 12.3. The number of rotatable bonds is 8.